The fourth-order valence-corrected chi connectivity index (χ4v) is 5.23. The van der Waals surface area contributed by atoms with Gasteiger partial charge in [0.1, 0.15) is 11.0 Å². The van der Waals surface area contributed by atoms with Gasteiger partial charge in [-0.1, -0.05) is 50.2 Å². The molecule has 37 heavy (non-hydrogen) atoms. The Morgan fingerprint density at radius 1 is 0.973 bits per heavy atom. The van der Waals surface area contributed by atoms with Crippen molar-refractivity contribution in [3.63, 3.8) is 0 Å². The van der Waals surface area contributed by atoms with Crippen molar-refractivity contribution in [2.45, 2.75) is 26.4 Å². The lowest BCUT2D eigenvalue weighted by molar-refractivity contribution is -0.144. The van der Waals surface area contributed by atoms with Crippen molar-refractivity contribution in [1.29, 1.82) is 0 Å². The molecular formula is C29H25N3O4S. The highest BCUT2D eigenvalue weighted by atomic mass is 32.1. The number of carboxylic acids is 1. The number of carbonyl (C=O) groups is 3. The number of fused-ring (bicyclic) bond motifs is 1. The molecule has 8 heteroatoms. The highest BCUT2D eigenvalue weighted by Crippen LogP contribution is 2.32. The van der Waals surface area contributed by atoms with E-state index in [2.05, 4.69) is 10.3 Å². The van der Waals surface area contributed by atoms with Gasteiger partial charge in [0.15, 0.2) is 0 Å². The predicted molar refractivity (Wildman–Crippen MR) is 144 cm³/mol. The molecule has 0 radical (unpaired) electrons. The van der Waals surface area contributed by atoms with Gasteiger partial charge in [-0.2, -0.15) is 0 Å². The molecule has 2 N–H and O–H groups in total. The molecule has 0 saturated carbocycles. The zero-order valence-corrected chi connectivity index (χ0v) is 21.2. The molecule has 1 aliphatic rings. The van der Waals surface area contributed by atoms with Crippen molar-refractivity contribution in [2.75, 3.05) is 5.32 Å². The van der Waals surface area contributed by atoms with E-state index in [4.69, 9.17) is 0 Å². The number of rotatable bonds is 7. The van der Waals surface area contributed by atoms with E-state index in [1.807, 2.05) is 60.0 Å². The zero-order chi connectivity index (χ0) is 26.1. The second-order valence-corrected chi connectivity index (χ2v) is 10.2. The predicted octanol–water partition coefficient (Wildman–Crippen LogP) is 5.79. The fraction of sp³-hybridized carbons (Fsp3) is 0.172. The number of hydrogen-bond donors (Lipinski definition) is 2. The van der Waals surface area contributed by atoms with Gasteiger partial charge in [-0.3, -0.25) is 9.59 Å². The SMILES string of the molecule is CC(C)C(C(=O)O)N1Cc2ccc(-c3ccc(NC(=O)c4ccc(-c5nccs5)cc4)cc3)cc2C1=O. The number of thiazole rings is 1. The third-order valence-electron chi connectivity index (χ3n) is 6.46. The lowest BCUT2D eigenvalue weighted by Gasteiger charge is -2.27. The number of aromatic nitrogens is 1. The number of nitrogens with one attached hydrogen (secondary N) is 1. The molecule has 186 valence electrons. The van der Waals surface area contributed by atoms with Crippen LogP contribution in [-0.2, 0) is 11.3 Å². The first-order chi connectivity index (χ1) is 17.8. The van der Waals surface area contributed by atoms with Crippen molar-refractivity contribution in [3.8, 4) is 21.7 Å². The number of hydrogen-bond acceptors (Lipinski definition) is 5. The first kappa shape index (κ1) is 24.4. The summed E-state index contributed by atoms with van der Waals surface area (Å²) in [6.07, 6.45) is 1.75. The highest BCUT2D eigenvalue weighted by Gasteiger charge is 2.38. The average Bonchev–Trinajstić information content (AvgIpc) is 3.53. The van der Waals surface area contributed by atoms with Gasteiger partial charge in [-0.05, 0) is 52.9 Å². The van der Waals surface area contributed by atoms with Gasteiger partial charge < -0.3 is 15.3 Å². The highest BCUT2D eigenvalue weighted by molar-refractivity contribution is 7.13. The molecule has 0 bridgehead atoms. The largest absolute Gasteiger partial charge is 0.480 e. The van der Waals surface area contributed by atoms with Crippen LogP contribution in [-0.4, -0.2) is 38.8 Å². The first-order valence-electron chi connectivity index (χ1n) is 11.9. The standard InChI is InChI=1S/C29H25N3O4S/c1-17(2)25(29(35)36)32-16-22-8-7-21(15-24(22)28(32)34)18-9-11-23(12-10-18)31-26(33)19-3-5-20(6-4-19)27-30-13-14-37-27/h3-15,17,25H,16H2,1-2H3,(H,31,33)(H,35,36). The molecule has 0 fully saturated rings. The molecule has 0 spiro atoms. The van der Waals surface area contributed by atoms with Crippen LogP contribution in [0.3, 0.4) is 0 Å². The summed E-state index contributed by atoms with van der Waals surface area (Å²) in [6.45, 7) is 3.90. The number of benzene rings is 3. The molecule has 1 unspecified atom stereocenters. The van der Waals surface area contributed by atoms with E-state index >= 15 is 0 Å². The van der Waals surface area contributed by atoms with E-state index in [1.165, 1.54) is 4.90 Å². The second-order valence-electron chi connectivity index (χ2n) is 9.28. The molecule has 4 aromatic rings. The van der Waals surface area contributed by atoms with Crippen LogP contribution < -0.4 is 5.32 Å². The maximum absolute atomic E-state index is 13.0. The third-order valence-corrected chi connectivity index (χ3v) is 7.29. The summed E-state index contributed by atoms with van der Waals surface area (Å²) in [5.41, 5.74) is 5.26. The van der Waals surface area contributed by atoms with Crippen LogP contribution in [0.5, 0.6) is 0 Å². The Morgan fingerprint density at radius 2 is 1.65 bits per heavy atom. The molecule has 1 atom stereocenters. The molecule has 2 heterocycles. The summed E-state index contributed by atoms with van der Waals surface area (Å²) in [7, 11) is 0. The zero-order valence-electron chi connectivity index (χ0n) is 20.3. The van der Waals surface area contributed by atoms with Crippen LogP contribution >= 0.6 is 11.3 Å². The third kappa shape index (κ3) is 4.88. The summed E-state index contributed by atoms with van der Waals surface area (Å²) in [5.74, 6) is -1.67. The molecule has 5 rings (SSSR count). The fourth-order valence-electron chi connectivity index (χ4n) is 4.59. The Labute approximate surface area is 218 Å². The summed E-state index contributed by atoms with van der Waals surface area (Å²) in [5, 5.41) is 15.4. The normalized spacial score (nSPS) is 13.5. The van der Waals surface area contributed by atoms with E-state index in [9.17, 15) is 19.5 Å². The van der Waals surface area contributed by atoms with Gasteiger partial charge >= 0.3 is 5.97 Å². The number of anilines is 1. The lowest BCUT2D eigenvalue weighted by atomic mass is 10.00. The second kappa shape index (κ2) is 9.99. The molecule has 2 amide bonds. The lowest BCUT2D eigenvalue weighted by Crippen LogP contribution is -2.44. The Balaban J connectivity index is 1.29. The summed E-state index contributed by atoms with van der Waals surface area (Å²) < 4.78 is 0. The monoisotopic (exact) mass is 511 g/mol. The van der Waals surface area contributed by atoms with Crippen LogP contribution in [0.4, 0.5) is 5.69 Å². The number of nitrogens with zero attached hydrogens (tertiary/aromatic N) is 2. The van der Waals surface area contributed by atoms with Crippen LogP contribution in [0.25, 0.3) is 21.7 Å². The maximum atomic E-state index is 13.0. The molecule has 0 aliphatic carbocycles. The van der Waals surface area contributed by atoms with Gasteiger partial charge in [0, 0.05) is 40.5 Å². The van der Waals surface area contributed by atoms with Gasteiger partial charge in [0.25, 0.3) is 11.8 Å². The number of carbonyl (C=O) groups excluding carboxylic acids is 2. The van der Waals surface area contributed by atoms with Gasteiger partial charge in [0.2, 0.25) is 0 Å². The van der Waals surface area contributed by atoms with Gasteiger partial charge in [-0.15, -0.1) is 11.3 Å². The summed E-state index contributed by atoms with van der Waals surface area (Å²) in [6, 6.07) is 19.5. The topological polar surface area (TPSA) is 99.6 Å². The first-order valence-corrected chi connectivity index (χ1v) is 12.8. The van der Waals surface area contributed by atoms with Crippen molar-refractivity contribution < 1.29 is 19.5 Å². The number of amides is 2. The molecule has 7 nitrogen and oxygen atoms in total. The molecular weight excluding hydrogens is 486 g/mol. The average molecular weight is 512 g/mol. The van der Waals surface area contributed by atoms with Gasteiger partial charge in [0.05, 0.1) is 0 Å². The molecule has 0 saturated heterocycles. The van der Waals surface area contributed by atoms with E-state index < -0.39 is 12.0 Å². The van der Waals surface area contributed by atoms with Crippen LogP contribution in [0.1, 0.15) is 40.1 Å². The summed E-state index contributed by atoms with van der Waals surface area (Å²) >= 11 is 1.55. The minimum absolute atomic E-state index is 0.200. The van der Waals surface area contributed by atoms with Crippen molar-refractivity contribution in [3.05, 3.63) is 95.0 Å². The quantitative estimate of drug-likeness (QED) is 0.327. The Morgan fingerprint density at radius 3 is 2.27 bits per heavy atom. The minimum Gasteiger partial charge on any atom is -0.480 e. The maximum Gasteiger partial charge on any atom is 0.326 e. The minimum atomic E-state index is -0.996. The molecule has 1 aliphatic heterocycles. The smallest absolute Gasteiger partial charge is 0.326 e. The van der Waals surface area contributed by atoms with E-state index in [-0.39, 0.29) is 17.7 Å². The van der Waals surface area contributed by atoms with E-state index in [1.54, 1.807) is 43.5 Å². The van der Waals surface area contributed by atoms with Gasteiger partial charge in [-0.25, -0.2) is 9.78 Å². The Kier molecular flexibility index (Phi) is 6.58. The van der Waals surface area contributed by atoms with Crippen molar-refractivity contribution in [1.82, 2.24) is 9.88 Å². The number of carboxylic acid groups (broad SMARTS) is 1. The van der Waals surface area contributed by atoms with Crippen LogP contribution in [0.15, 0.2) is 78.3 Å². The van der Waals surface area contributed by atoms with Crippen LogP contribution in [0, 0.1) is 5.92 Å². The van der Waals surface area contributed by atoms with E-state index in [0.29, 0.717) is 23.4 Å². The van der Waals surface area contributed by atoms with Crippen molar-refractivity contribution >= 4 is 34.8 Å². The van der Waals surface area contributed by atoms with E-state index in [0.717, 1.165) is 27.3 Å². The Bertz CT molecular complexity index is 1460. The number of aliphatic carboxylic acids is 1. The molecule has 1 aromatic heterocycles. The molecule has 3 aromatic carbocycles. The van der Waals surface area contributed by atoms with Crippen molar-refractivity contribution in [2.24, 2.45) is 5.92 Å². The van der Waals surface area contributed by atoms with Crippen LogP contribution in [0.2, 0.25) is 0 Å². The Hall–Kier alpha value is -4.30. The summed E-state index contributed by atoms with van der Waals surface area (Å²) in [4.78, 5) is 43.2.